The molecule has 24 heavy (non-hydrogen) atoms. The molecule has 4 aliphatic rings. The van der Waals surface area contributed by atoms with Crippen molar-refractivity contribution in [2.45, 2.75) is 76.4 Å². The van der Waals surface area contributed by atoms with E-state index in [2.05, 4.69) is 23.7 Å². The van der Waals surface area contributed by atoms with Crippen molar-refractivity contribution in [3.63, 3.8) is 0 Å². The van der Waals surface area contributed by atoms with Crippen molar-refractivity contribution >= 4 is 5.97 Å². The minimum atomic E-state index is -1.61. The number of unbranched alkanes of at least 4 members (excludes halogenated alkanes) is 1. The van der Waals surface area contributed by atoms with Gasteiger partial charge in [0.1, 0.15) is 6.10 Å². The smallest absolute Gasteiger partial charge is 0.351 e. The molecular formula is C20H31NO3. The lowest BCUT2D eigenvalue weighted by molar-refractivity contribution is -0.180. The van der Waals surface area contributed by atoms with Crippen molar-refractivity contribution in [3.8, 4) is 11.8 Å². The van der Waals surface area contributed by atoms with Crippen LogP contribution in [0.25, 0.3) is 0 Å². The summed E-state index contributed by atoms with van der Waals surface area (Å²) in [7, 11) is 0. The number of hydrogen-bond acceptors (Lipinski definition) is 4. The van der Waals surface area contributed by atoms with Crippen molar-refractivity contribution in [2.75, 3.05) is 19.6 Å². The fourth-order valence-electron chi connectivity index (χ4n) is 4.43. The third-order valence-electron chi connectivity index (χ3n) is 6.02. The van der Waals surface area contributed by atoms with Crippen LogP contribution < -0.4 is 0 Å². The van der Waals surface area contributed by atoms with Gasteiger partial charge in [0, 0.05) is 18.9 Å². The van der Waals surface area contributed by atoms with Gasteiger partial charge in [0.15, 0.2) is 0 Å². The van der Waals surface area contributed by atoms with Crippen LogP contribution in [0.4, 0.5) is 0 Å². The number of ether oxygens (including phenoxy) is 1. The van der Waals surface area contributed by atoms with E-state index in [4.69, 9.17) is 4.74 Å². The van der Waals surface area contributed by atoms with Gasteiger partial charge in [-0.05, 0) is 51.1 Å². The molecule has 0 spiro atoms. The number of carbonyl (C=O) groups excluding carboxylic acids is 1. The molecule has 2 bridgehead atoms. The fourth-order valence-corrected chi connectivity index (χ4v) is 4.43. The van der Waals surface area contributed by atoms with Gasteiger partial charge in [0.25, 0.3) is 0 Å². The largest absolute Gasteiger partial charge is 0.458 e. The molecule has 0 aromatic carbocycles. The number of esters is 1. The molecular weight excluding hydrogens is 302 g/mol. The maximum atomic E-state index is 12.9. The zero-order valence-electron chi connectivity index (χ0n) is 14.9. The molecule has 1 aliphatic carbocycles. The minimum absolute atomic E-state index is 0.0666. The predicted octanol–water partition coefficient (Wildman–Crippen LogP) is 2.74. The maximum absolute atomic E-state index is 12.9. The Morgan fingerprint density at radius 2 is 1.92 bits per heavy atom. The Kier molecular flexibility index (Phi) is 5.84. The summed E-state index contributed by atoms with van der Waals surface area (Å²) in [6.07, 6.45) is 8.82. The SMILES string of the molecule is CCCC#C[C@](O)(C(=O)O[C@@H]1CN2CCC1CC2)C1CCCCC1. The van der Waals surface area contributed by atoms with Crippen LogP contribution in [0.1, 0.15) is 64.7 Å². The molecule has 0 amide bonds. The molecule has 3 aliphatic heterocycles. The van der Waals surface area contributed by atoms with E-state index in [0.29, 0.717) is 12.3 Å². The first-order valence-corrected chi connectivity index (χ1v) is 9.79. The highest BCUT2D eigenvalue weighted by atomic mass is 16.6. The van der Waals surface area contributed by atoms with E-state index in [1.165, 1.54) is 6.42 Å². The number of nitrogens with zero attached hydrogens (tertiary/aromatic N) is 1. The van der Waals surface area contributed by atoms with Gasteiger partial charge in [-0.1, -0.05) is 38.0 Å². The van der Waals surface area contributed by atoms with Crippen LogP contribution in [0.2, 0.25) is 0 Å². The van der Waals surface area contributed by atoms with Crippen LogP contribution in [0, 0.1) is 23.7 Å². The van der Waals surface area contributed by atoms with Crippen molar-refractivity contribution in [3.05, 3.63) is 0 Å². The number of rotatable bonds is 4. The highest BCUT2D eigenvalue weighted by Gasteiger charge is 2.47. The number of hydrogen-bond donors (Lipinski definition) is 1. The van der Waals surface area contributed by atoms with Crippen LogP contribution in [0.15, 0.2) is 0 Å². The Morgan fingerprint density at radius 1 is 1.21 bits per heavy atom. The van der Waals surface area contributed by atoms with Gasteiger partial charge < -0.3 is 9.84 Å². The average molecular weight is 333 g/mol. The first-order chi connectivity index (χ1) is 11.6. The van der Waals surface area contributed by atoms with Crippen LogP contribution in [-0.4, -0.2) is 47.3 Å². The Labute approximate surface area is 145 Å². The molecule has 4 nitrogen and oxygen atoms in total. The molecule has 3 saturated heterocycles. The summed E-state index contributed by atoms with van der Waals surface area (Å²) in [5.41, 5.74) is -1.61. The maximum Gasteiger partial charge on any atom is 0.351 e. The van der Waals surface area contributed by atoms with E-state index < -0.39 is 11.6 Å². The molecule has 3 heterocycles. The van der Waals surface area contributed by atoms with Gasteiger partial charge >= 0.3 is 5.97 Å². The fraction of sp³-hybridized carbons (Fsp3) is 0.850. The quantitative estimate of drug-likeness (QED) is 0.635. The second-order valence-electron chi connectivity index (χ2n) is 7.73. The van der Waals surface area contributed by atoms with Crippen molar-refractivity contribution < 1.29 is 14.6 Å². The van der Waals surface area contributed by atoms with E-state index in [9.17, 15) is 9.90 Å². The Bertz CT molecular complexity index is 495. The summed E-state index contributed by atoms with van der Waals surface area (Å²) in [4.78, 5) is 15.3. The second-order valence-corrected chi connectivity index (χ2v) is 7.73. The lowest BCUT2D eigenvalue weighted by atomic mass is 9.77. The van der Waals surface area contributed by atoms with Crippen molar-refractivity contribution in [1.29, 1.82) is 0 Å². The zero-order chi connectivity index (χ0) is 17.0. The van der Waals surface area contributed by atoms with Crippen LogP contribution in [0.5, 0.6) is 0 Å². The van der Waals surface area contributed by atoms with E-state index in [-0.39, 0.29) is 12.0 Å². The molecule has 134 valence electrons. The lowest BCUT2D eigenvalue weighted by Crippen LogP contribution is -2.55. The first-order valence-electron chi connectivity index (χ1n) is 9.79. The molecule has 0 aromatic rings. The highest BCUT2D eigenvalue weighted by molar-refractivity contribution is 5.84. The minimum Gasteiger partial charge on any atom is -0.458 e. The van der Waals surface area contributed by atoms with E-state index in [1.807, 2.05) is 0 Å². The van der Waals surface area contributed by atoms with Gasteiger partial charge in [-0.25, -0.2) is 4.79 Å². The third kappa shape index (κ3) is 3.78. The van der Waals surface area contributed by atoms with Gasteiger partial charge in [0.2, 0.25) is 5.60 Å². The average Bonchev–Trinajstić information content (AvgIpc) is 2.63. The normalized spacial score (nSPS) is 32.5. The van der Waals surface area contributed by atoms with Gasteiger partial charge in [-0.2, -0.15) is 0 Å². The summed E-state index contributed by atoms with van der Waals surface area (Å²) in [5, 5.41) is 11.2. The lowest BCUT2D eigenvalue weighted by Gasteiger charge is -2.45. The summed E-state index contributed by atoms with van der Waals surface area (Å²) >= 11 is 0. The number of carbonyl (C=O) groups is 1. The molecule has 0 aromatic heterocycles. The van der Waals surface area contributed by atoms with E-state index in [0.717, 1.165) is 64.6 Å². The molecule has 4 fully saturated rings. The molecule has 4 rings (SSSR count). The molecule has 1 saturated carbocycles. The Balaban J connectivity index is 1.71. The zero-order valence-corrected chi connectivity index (χ0v) is 14.9. The van der Waals surface area contributed by atoms with Crippen LogP contribution >= 0.6 is 0 Å². The van der Waals surface area contributed by atoms with Gasteiger partial charge in [0.05, 0.1) is 0 Å². The molecule has 0 unspecified atom stereocenters. The highest BCUT2D eigenvalue weighted by Crippen LogP contribution is 2.35. The topological polar surface area (TPSA) is 49.8 Å². The third-order valence-corrected chi connectivity index (χ3v) is 6.02. The molecule has 4 heteroatoms. The summed E-state index contributed by atoms with van der Waals surface area (Å²) in [6, 6.07) is 0. The van der Waals surface area contributed by atoms with Gasteiger partial charge in [-0.3, -0.25) is 4.90 Å². The van der Waals surface area contributed by atoms with E-state index in [1.54, 1.807) is 0 Å². The summed E-state index contributed by atoms with van der Waals surface area (Å²) < 4.78 is 5.84. The van der Waals surface area contributed by atoms with E-state index >= 15 is 0 Å². The number of fused-ring (bicyclic) bond motifs is 3. The van der Waals surface area contributed by atoms with Crippen LogP contribution in [0.3, 0.4) is 0 Å². The molecule has 1 N–H and O–H groups in total. The number of aliphatic hydroxyl groups is 1. The first kappa shape index (κ1) is 17.8. The van der Waals surface area contributed by atoms with Gasteiger partial charge in [-0.15, -0.1) is 0 Å². The monoisotopic (exact) mass is 333 g/mol. The second kappa shape index (κ2) is 7.89. The Morgan fingerprint density at radius 3 is 2.50 bits per heavy atom. The van der Waals surface area contributed by atoms with Crippen molar-refractivity contribution in [1.82, 2.24) is 4.90 Å². The summed E-state index contributed by atoms with van der Waals surface area (Å²) in [6.45, 7) is 5.10. The standard InChI is InChI=1S/C20H31NO3/c1-2-3-7-12-20(23,17-8-5-4-6-9-17)19(22)24-18-15-21-13-10-16(18)11-14-21/h16-18,23H,2-6,8-11,13-15H2,1H3/t18-,20-/m1/s1. The predicted molar refractivity (Wildman–Crippen MR) is 93.3 cm³/mol. The summed E-state index contributed by atoms with van der Waals surface area (Å²) in [5.74, 6) is 5.82. The molecule has 0 radical (unpaired) electrons. The molecule has 2 atom stereocenters. The Hall–Kier alpha value is -1.05. The number of piperidine rings is 3. The van der Waals surface area contributed by atoms with Crippen LogP contribution in [-0.2, 0) is 9.53 Å². The van der Waals surface area contributed by atoms with Crippen molar-refractivity contribution in [2.24, 2.45) is 11.8 Å².